The molecule has 0 heterocycles. The first-order valence-electron chi connectivity index (χ1n) is 6.88. The predicted octanol–water partition coefficient (Wildman–Crippen LogP) is 2.88. The summed E-state index contributed by atoms with van der Waals surface area (Å²) in [6, 6.07) is 15.8. The number of esters is 1. The fraction of sp³-hybridized carbons (Fsp3) is 0.176. The number of nitrogens with one attached hydrogen (secondary N) is 1. The standard InChI is InChI=1S/C17H17NO4/c1-13(19)18-15-7-9-16(10-8-15)21-11-12-22-17(20)14-5-3-2-4-6-14/h2-10H,11-12H2,1H3,(H,18,19). The molecule has 1 N–H and O–H groups in total. The largest absolute Gasteiger partial charge is 0.490 e. The van der Waals surface area contributed by atoms with Crippen LogP contribution in [0.2, 0.25) is 0 Å². The molecular formula is C17H17NO4. The van der Waals surface area contributed by atoms with E-state index in [1.807, 2.05) is 6.07 Å². The van der Waals surface area contributed by atoms with Gasteiger partial charge in [0.2, 0.25) is 5.91 Å². The number of benzene rings is 2. The van der Waals surface area contributed by atoms with Gasteiger partial charge in [0.1, 0.15) is 19.0 Å². The van der Waals surface area contributed by atoms with Crippen molar-refractivity contribution in [2.75, 3.05) is 18.5 Å². The monoisotopic (exact) mass is 299 g/mol. The fourth-order valence-electron chi connectivity index (χ4n) is 1.79. The van der Waals surface area contributed by atoms with Crippen LogP contribution in [0.1, 0.15) is 17.3 Å². The van der Waals surface area contributed by atoms with Crippen molar-refractivity contribution in [2.24, 2.45) is 0 Å². The van der Waals surface area contributed by atoms with Crippen LogP contribution in [-0.2, 0) is 9.53 Å². The van der Waals surface area contributed by atoms with Gasteiger partial charge in [-0.1, -0.05) is 18.2 Å². The molecular weight excluding hydrogens is 282 g/mol. The number of anilines is 1. The highest BCUT2D eigenvalue weighted by molar-refractivity contribution is 5.89. The van der Waals surface area contributed by atoms with Crippen LogP contribution < -0.4 is 10.1 Å². The summed E-state index contributed by atoms with van der Waals surface area (Å²) in [5, 5.41) is 2.67. The van der Waals surface area contributed by atoms with Crippen LogP contribution in [0.15, 0.2) is 54.6 Å². The summed E-state index contributed by atoms with van der Waals surface area (Å²) < 4.78 is 10.6. The van der Waals surface area contributed by atoms with Crippen LogP contribution in [0, 0.1) is 0 Å². The Hall–Kier alpha value is -2.82. The van der Waals surface area contributed by atoms with Gasteiger partial charge in [-0.15, -0.1) is 0 Å². The average molecular weight is 299 g/mol. The molecule has 0 aliphatic carbocycles. The zero-order valence-corrected chi connectivity index (χ0v) is 12.2. The molecule has 0 aliphatic rings. The van der Waals surface area contributed by atoms with E-state index in [2.05, 4.69) is 5.32 Å². The minimum atomic E-state index is -0.370. The zero-order valence-electron chi connectivity index (χ0n) is 12.2. The molecule has 0 radical (unpaired) electrons. The van der Waals surface area contributed by atoms with Crippen LogP contribution in [0.5, 0.6) is 5.75 Å². The summed E-state index contributed by atoms with van der Waals surface area (Å²) in [6.07, 6.45) is 0. The molecule has 0 fully saturated rings. The van der Waals surface area contributed by atoms with E-state index in [0.717, 1.165) is 0 Å². The van der Waals surface area contributed by atoms with Gasteiger partial charge in [0.15, 0.2) is 0 Å². The Kier molecular flexibility index (Phi) is 5.54. The molecule has 2 rings (SSSR count). The SMILES string of the molecule is CC(=O)Nc1ccc(OCCOC(=O)c2ccccc2)cc1. The van der Waals surface area contributed by atoms with E-state index < -0.39 is 0 Å². The van der Waals surface area contributed by atoms with Crippen LogP contribution >= 0.6 is 0 Å². The highest BCUT2D eigenvalue weighted by atomic mass is 16.6. The summed E-state index contributed by atoms with van der Waals surface area (Å²) in [5.41, 5.74) is 1.22. The van der Waals surface area contributed by atoms with Crippen molar-refractivity contribution >= 4 is 17.6 Å². The molecule has 22 heavy (non-hydrogen) atoms. The minimum Gasteiger partial charge on any atom is -0.490 e. The molecule has 0 saturated heterocycles. The minimum absolute atomic E-state index is 0.124. The van der Waals surface area contributed by atoms with Crippen molar-refractivity contribution in [2.45, 2.75) is 6.92 Å². The van der Waals surface area contributed by atoms with E-state index in [4.69, 9.17) is 9.47 Å². The maximum Gasteiger partial charge on any atom is 0.338 e. The second kappa shape index (κ2) is 7.83. The third-order valence-electron chi connectivity index (χ3n) is 2.77. The van der Waals surface area contributed by atoms with Crippen LogP contribution in [0.4, 0.5) is 5.69 Å². The summed E-state index contributed by atoms with van der Waals surface area (Å²) in [7, 11) is 0. The number of ether oxygens (including phenoxy) is 2. The number of hydrogen-bond donors (Lipinski definition) is 1. The lowest BCUT2D eigenvalue weighted by Crippen LogP contribution is -2.12. The van der Waals surface area contributed by atoms with E-state index in [-0.39, 0.29) is 25.1 Å². The lowest BCUT2D eigenvalue weighted by molar-refractivity contribution is -0.114. The molecule has 2 aromatic carbocycles. The summed E-state index contributed by atoms with van der Waals surface area (Å²) in [5.74, 6) is 0.150. The molecule has 0 unspecified atom stereocenters. The van der Waals surface area contributed by atoms with Gasteiger partial charge in [0, 0.05) is 12.6 Å². The lowest BCUT2D eigenvalue weighted by Gasteiger charge is -2.08. The van der Waals surface area contributed by atoms with E-state index in [9.17, 15) is 9.59 Å². The van der Waals surface area contributed by atoms with Gasteiger partial charge < -0.3 is 14.8 Å². The molecule has 0 atom stereocenters. The van der Waals surface area contributed by atoms with Gasteiger partial charge in [-0.2, -0.15) is 0 Å². The third-order valence-corrected chi connectivity index (χ3v) is 2.77. The van der Waals surface area contributed by atoms with Crippen LogP contribution in [0.25, 0.3) is 0 Å². The Morgan fingerprint density at radius 3 is 2.27 bits per heavy atom. The van der Waals surface area contributed by atoms with Gasteiger partial charge in [0.25, 0.3) is 0 Å². The topological polar surface area (TPSA) is 64.6 Å². The first-order chi connectivity index (χ1) is 10.6. The van der Waals surface area contributed by atoms with Gasteiger partial charge >= 0.3 is 5.97 Å². The number of rotatable bonds is 6. The van der Waals surface area contributed by atoms with Crippen LogP contribution in [-0.4, -0.2) is 25.1 Å². The fourth-order valence-corrected chi connectivity index (χ4v) is 1.79. The third kappa shape index (κ3) is 4.94. The van der Waals surface area contributed by atoms with Gasteiger partial charge in [-0.05, 0) is 36.4 Å². The smallest absolute Gasteiger partial charge is 0.338 e. The van der Waals surface area contributed by atoms with Crippen molar-refractivity contribution in [3.63, 3.8) is 0 Å². The van der Waals surface area contributed by atoms with Crippen molar-refractivity contribution < 1.29 is 19.1 Å². The van der Waals surface area contributed by atoms with Crippen molar-refractivity contribution in [3.8, 4) is 5.75 Å². The molecule has 5 nitrogen and oxygen atoms in total. The van der Waals surface area contributed by atoms with E-state index in [1.54, 1.807) is 48.5 Å². The number of carbonyl (C=O) groups excluding carboxylic acids is 2. The summed E-state index contributed by atoms with van der Waals surface area (Å²) in [6.45, 7) is 1.88. The van der Waals surface area contributed by atoms with Crippen molar-refractivity contribution in [3.05, 3.63) is 60.2 Å². The normalized spacial score (nSPS) is 9.86. The Morgan fingerprint density at radius 1 is 0.955 bits per heavy atom. The molecule has 5 heteroatoms. The number of hydrogen-bond acceptors (Lipinski definition) is 4. The molecule has 1 amide bonds. The maximum atomic E-state index is 11.7. The van der Waals surface area contributed by atoms with Gasteiger partial charge in [0.05, 0.1) is 5.56 Å². The second-order valence-electron chi connectivity index (χ2n) is 4.56. The molecule has 0 aromatic heterocycles. The molecule has 0 spiro atoms. The highest BCUT2D eigenvalue weighted by Gasteiger charge is 2.05. The Bertz CT molecular complexity index is 623. The Morgan fingerprint density at radius 2 is 1.64 bits per heavy atom. The maximum absolute atomic E-state index is 11.7. The molecule has 0 aliphatic heterocycles. The quantitative estimate of drug-likeness (QED) is 0.658. The van der Waals surface area contributed by atoms with Gasteiger partial charge in [-0.3, -0.25) is 4.79 Å². The van der Waals surface area contributed by atoms with E-state index in [0.29, 0.717) is 17.0 Å². The van der Waals surface area contributed by atoms with E-state index >= 15 is 0 Å². The number of carbonyl (C=O) groups is 2. The second-order valence-corrected chi connectivity index (χ2v) is 4.56. The Labute approximate surface area is 128 Å². The molecule has 0 bridgehead atoms. The first-order valence-corrected chi connectivity index (χ1v) is 6.88. The van der Waals surface area contributed by atoms with E-state index in [1.165, 1.54) is 6.92 Å². The zero-order chi connectivity index (χ0) is 15.8. The molecule has 0 saturated carbocycles. The molecule has 2 aromatic rings. The van der Waals surface area contributed by atoms with Crippen molar-refractivity contribution in [1.29, 1.82) is 0 Å². The highest BCUT2D eigenvalue weighted by Crippen LogP contribution is 2.15. The number of amides is 1. The molecule has 114 valence electrons. The van der Waals surface area contributed by atoms with Crippen LogP contribution in [0.3, 0.4) is 0 Å². The van der Waals surface area contributed by atoms with Gasteiger partial charge in [-0.25, -0.2) is 4.79 Å². The average Bonchev–Trinajstić information content (AvgIpc) is 2.53. The predicted molar refractivity (Wildman–Crippen MR) is 83.0 cm³/mol. The summed E-state index contributed by atoms with van der Waals surface area (Å²) >= 11 is 0. The first kappa shape index (κ1) is 15.6. The van der Waals surface area contributed by atoms with Crippen molar-refractivity contribution in [1.82, 2.24) is 0 Å². The summed E-state index contributed by atoms with van der Waals surface area (Å²) in [4.78, 5) is 22.6. The lowest BCUT2D eigenvalue weighted by atomic mass is 10.2. The Balaban J connectivity index is 1.72.